The summed E-state index contributed by atoms with van der Waals surface area (Å²) in [5, 5.41) is 4.88. The summed E-state index contributed by atoms with van der Waals surface area (Å²) in [6.45, 7) is 2.33. The van der Waals surface area contributed by atoms with Gasteiger partial charge in [0.1, 0.15) is 5.82 Å². The number of hydrogen-bond acceptors (Lipinski definition) is 6. The van der Waals surface area contributed by atoms with Crippen LogP contribution in [0, 0.1) is 11.7 Å². The SMILES string of the molecule is C[C@@H]1CCC[C@H](N2CCC(c3cc(Cl)ccc3N(N)/C=C\N)=CC2=O)c2cc(ccn2)-c2cc(F)ccc2NC1=O. The number of carbonyl (C=O) groups excluding carboxylic acids is 2. The Bertz CT molecular complexity index is 1540. The topological polar surface area (TPSA) is 118 Å². The molecule has 0 radical (unpaired) electrons. The minimum absolute atomic E-state index is 0.123. The number of nitrogens with two attached hydrogens (primary N) is 2. The zero-order chi connectivity index (χ0) is 29.1. The summed E-state index contributed by atoms with van der Waals surface area (Å²) in [6.07, 6.45) is 8.70. The molecule has 1 aromatic heterocycles. The first-order valence-corrected chi connectivity index (χ1v) is 13.9. The molecule has 212 valence electrons. The van der Waals surface area contributed by atoms with E-state index in [0.717, 1.165) is 11.1 Å². The number of benzene rings is 2. The molecule has 5 N–H and O–H groups in total. The third-order valence-corrected chi connectivity index (χ3v) is 7.88. The van der Waals surface area contributed by atoms with E-state index in [1.165, 1.54) is 29.5 Å². The molecule has 3 heterocycles. The molecule has 0 saturated heterocycles. The van der Waals surface area contributed by atoms with Gasteiger partial charge < -0.3 is 16.0 Å². The molecule has 41 heavy (non-hydrogen) atoms. The summed E-state index contributed by atoms with van der Waals surface area (Å²) in [7, 11) is 0. The van der Waals surface area contributed by atoms with Gasteiger partial charge in [-0.1, -0.05) is 24.9 Å². The van der Waals surface area contributed by atoms with Gasteiger partial charge in [-0.2, -0.15) is 0 Å². The largest absolute Gasteiger partial charge is 0.403 e. The number of hydrogen-bond donors (Lipinski definition) is 3. The van der Waals surface area contributed by atoms with E-state index >= 15 is 0 Å². The van der Waals surface area contributed by atoms with Crippen molar-refractivity contribution in [1.29, 1.82) is 0 Å². The van der Waals surface area contributed by atoms with Crippen LogP contribution in [0.25, 0.3) is 16.7 Å². The number of carbonyl (C=O) groups is 2. The Labute approximate surface area is 243 Å². The fraction of sp³-hybridized carbons (Fsp3) is 0.258. The van der Waals surface area contributed by atoms with Gasteiger partial charge in [-0.15, -0.1) is 0 Å². The molecule has 2 aromatic carbocycles. The number of halogens is 2. The highest BCUT2D eigenvalue weighted by Gasteiger charge is 2.30. The van der Waals surface area contributed by atoms with Gasteiger partial charge in [-0.3, -0.25) is 19.6 Å². The number of aromatic nitrogens is 1. The Morgan fingerprint density at radius 2 is 1.95 bits per heavy atom. The van der Waals surface area contributed by atoms with Crippen LogP contribution in [0.3, 0.4) is 0 Å². The lowest BCUT2D eigenvalue weighted by atomic mass is 9.92. The zero-order valence-corrected chi connectivity index (χ0v) is 23.4. The molecule has 0 fully saturated rings. The normalized spacial score (nSPS) is 19.6. The zero-order valence-electron chi connectivity index (χ0n) is 22.7. The molecule has 0 saturated carbocycles. The van der Waals surface area contributed by atoms with Crippen molar-refractivity contribution in [3.05, 3.63) is 95.3 Å². The van der Waals surface area contributed by atoms with Crippen molar-refractivity contribution in [2.45, 2.75) is 38.6 Å². The van der Waals surface area contributed by atoms with Gasteiger partial charge in [-0.05, 0) is 78.9 Å². The summed E-state index contributed by atoms with van der Waals surface area (Å²) in [5.74, 6) is 5.22. The fourth-order valence-electron chi connectivity index (χ4n) is 5.47. The molecule has 0 spiro atoms. The summed E-state index contributed by atoms with van der Waals surface area (Å²) in [4.78, 5) is 33.1. The van der Waals surface area contributed by atoms with Gasteiger partial charge in [0, 0.05) is 59.0 Å². The van der Waals surface area contributed by atoms with Crippen molar-refractivity contribution in [3.8, 4) is 11.1 Å². The number of fused-ring (bicyclic) bond motifs is 4. The monoisotopic (exact) mass is 574 g/mol. The van der Waals surface area contributed by atoms with Crippen LogP contribution in [0.4, 0.5) is 15.8 Å². The number of nitrogens with zero attached hydrogens (tertiary/aromatic N) is 3. The molecular formula is C31H32ClFN6O2. The lowest BCUT2D eigenvalue weighted by Crippen LogP contribution is -2.38. The highest BCUT2D eigenvalue weighted by Crippen LogP contribution is 2.38. The quantitative estimate of drug-likeness (QED) is 0.269. The number of nitrogens with one attached hydrogen (secondary N) is 1. The van der Waals surface area contributed by atoms with Crippen LogP contribution in [0.2, 0.25) is 5.02 Å². The second-order valence-electron chi connectivity index (χ2n) is 10.4. The maximum absolute atomic E-state index is 14.3. The molecule has 5 rings (SSSR count). The Hall–Kier alpha value is -4.21. The minimum Gasteiger partial charge on any atom is -0.403 e. The molecule has 8 nitrogen and oxygen atoms in total. The molecule has 2 bridgehead atoms. The molecule has 2 amide bonds. The first kappa shape index (κ1) is 28.3. The Morgan fingerprint density at radius 1 is 1.12 bits per heavy atom. The smallest absolute Gasteiger partial charge is 0.247 e. The van der Waals surface area contributed by atoms with E-state index in [-0.39, 0.29) is 23.8 Å². The van der Waals surface area contributed by atoms with E-state index in [1.807, 2.05) is 17.9 Å². The minimum atomic E-state index is -0.407. The second kappa shape index (κ2) is 12.1. The van der Waals surface area contributed by atoms with Gasteiger partial charge in [0.25, 0.3) is 0 Å². The number of pyridine rings is 1. The highest BCUT2D eigenvalue weighted by molar-refractivity contribution is 6.31. The molecule has 0 aliphatic carbocycles. The Morgan fingerprint density at radius 3 is 2.73 bits per heavy atom. The Kier molecular flexibility index (Phi) is 8.37. The van der Waals surface area contributed by atoms with Gasteiger partial charge in [0.05, 0.1) is 17.4 Å². The van der Waals surface area contributed by atoms with Crippen molar-refractivity contribution in [2.24, 2.45) is 17.5 Å². The average Bonchev–Trinajstić information content (AvgIpc) is 2.96. The van der Waals surface area contributed by atoms with E-state index < -0.39 is 5.82 Å². The molecular weight excluding hydrogens is 543 g/mol. The predicted octanol–water partition coefficient (Wildman–Crippen LogP) is 5.77. The lowest BCUT2D eigenvalue weighted by molar-refractivity contribution is -0.129. The van der Waals surface area contributed by atoms with Crippen LogP contribution in [0.5, 0.6) is 0 Å². The van der Waals surface area contributed by atoms with Gasteiger partial charge in [-0.25, -0.2) is 10.2 Å². The molecule has 2 aliphatic heterocycles. The number of hydrazine groups is 1. The van der Waals surface area contributed by atoms with Crippen LogP contribution in [-0.4, -0.2) is 28.2 Å². The number of anilines is 2. The summed E-state index contributed by atoms with van der Waals surface area (Å²) < 4.78 is 14.3. The molecule has 10 heteroatoms. The number of rotatable bonds is 4. The van der Waals surface area contributed by atoms with Crippen molar-refractivity contribution < 1.29 is 14.0 Å². The maximum Gasteiger partial charge on any atom is 0.247 e. The van der Waals surface area contributed by atoms with Crippen LogP contribution < -0.4 is 21.9 Å². The van der Waals surface area contributed by atoms with Crippen LogP contribution in [0.15, 0.2) is 73.2 Å². The third-order valence-electron chi connectivity index (χ3n) is 7.64. The summed E-state index contributed by atoms with van der Waals surface area (Å²) in [6, 6.07) is 13.0. The second-order valence-corrected chi connectivity index (χ2v) is 10.8. The van der Waals surface area contributed by atoms with Crippen LogP contribution in [-0.2, 0) is 9.59 Å². The fourth-order valence-corrected chi connectivity index (χ4v) is 5.64. The first-order valence-electron chi connectivity index (χ1n) is 13.6. The van der Waals surface area contributed by atoms with Crippen LogP contribution >= 0.6 is 11.6 Å². The van der Waals surface area contributed by atoms with Gasteiger partial charge >= 0.3 is 0 Å². The lowest BCUT2D eigenvalue weighted by Gasteiger charge is -2.35. The predicted molar refractivity (Wildman–Crippen MR) is 160 cm³/mol. The molecule has 2 aliphatic rings. The van der Waals surface area contributed by atoms with Crippen molar-refractivity contribution >= 4 is 40.4 Å². The van der Waals surface area contributed by atoms with E-state index in [9.17, 15) is 14.0 Å². The van der Waals surface area contributed by atoms with Crippen molar-refractivity contribution in [2.75, 3.05) is 16.9 Å². The van der Waals surface area contributed by atoms with Gasteiger partial charge in [0.2, 0.25) is 11.8 Å². The van der Waals surface area contributed by atoms with Crippen LogP contribution in [0.1, 0.15) is 49.9 Å². The van der Waals surface area contributed by atoms with E-state index in [0.29, 0.717) is 65.4 Å². The number of amides is 2. The van der Waals surface area contributed by atoms with Crippen molar-refractivity contribution in [1.82, 2.24) is 9.88 Å². The van der Waals surface area contributed by atoms with Gasteiger partial charge in [0.15, 0.2) is 0 Å². The first-order chi connectivity index (χ1) is 19.7. The third kappa shape index (κ3) is 6.11. The van der Waals surface area contributed by atoms with Crippen molar-refractivity contribution in [3.63, 3.8) is 0 Å². The molecule has 2 atom stereocenters. The summed E-state index contributed by atoms with van der Waals surface area (Å²) in [5.41, 5.74) is 10.3. The maximum atomic E-state index is 14.3. The van der Waals surface area contributed by atoms with E-state index in [1.54, 1.807) is 42.6 Å². The standard InChI is InChI=1S/C31H32ClFN6O2/c1-19-3-2-4-29(27-15-20(9-12-36-27)24-18-23(33)6-7-26(24)37-31(19)41)38-13-10-21(16-30(38)40)25-17-22(32)5-8-28(25)39(35)14-11-34/h5-9,11-12,14-19,29H,2-4,10,13,34-35H2,1H3,(H,37,41)/b14-11-/t19-,29+/m1/s1. The average molecular weight is 575 g/mol. The molecule has 3 aromatic rings. The molecule has 0 unspecified atom stereocenters. The van der Waals surface area contributed by atoms with E-state index in [2.05, 4.69) is 10.3 Å². The summed E-state index contributed by atoms with van der Waals surface area (Å²) >= 11 is 6.31. The Balaban J connectivity index is 1.52. The van der Waals surface area contributed by atoms with E-state index in [4.69, 9.17) is 23.2 Å². The highest BCUT2D eigenvalue weighted by atomic mass is 35.5.